The van der Waals surface area contributed by atoms with Crippen molar-refractivity contribution in [3.8, 4) is 5.75 Å². The van der Waals surface area contributed by atoms with E-state index in [9.17, 15) is 13.2 Å². The Labute approximate surface area is 183 Å². The molecule has 2 rings (SSSR count). The summed E-state index contributed by atoms with van der Waals surface area (Å²) in [5, 5.41) is 7.69. The molecule has 0 radical (unpaired) electrons. The van der Waals surface area contributed by atoms with E-state index in [0.717, 1.165) is 28.0 Å². The Balaban J connectivity index is 0.00000392. The lowest BCUT2D eigenvalue weighted by molar-refractivity contribution is -0.140. The smallest absolute Gasteiger partial charge is 0.434 e. The number of ether oxygens (including phenoxy) is 1. The second-order valence-electron chi connectivity index (χ2n) is 5.68. The summed E-state index contributed by atoms with van der Waals surface area (Å²) < 4.78 is 43.4. The maximum atomic E-state index is 12.6. The van der Waals surface area contributed by atoms with Crippen LogP contribution in [-0.2, 0) is 12.6 Å². The fourth-order valence-electron chi connectivity index (χ4n) is 2.21. The minimum atomic E-state index is -4.40. The number of aryl methyl sites for hydroxylation is 1. The topological polar surface area (TPSA) is 58.5 Å². The third kappa shape index (κ3) is 8.21. The van der Waals surface area contributed by atoms with Crippen LogP contribution in [-0.4, -0.2) is 37.2 Å². The quantitative estimate of drug-likeness (QED) is 0.233. The molecule has 2 aromatic rings. The van der Waals surface area contributed by atoms with E-state index >= 15 is 0 Å². The van der Waals surface area contributed by atoms with Gasteiger partial charge in [-0.05, 0) is 25.5 Å². The van der Waals surface area contributed by atoms with Gasteiger partial charge in [-0.3, -0.25) is 4.99 Å². The van der Waals surface area contributed by atoms with Crippen LogP contribution in [0.1, 0.15) is 23.2 Å². The van der Waals surface area contributed by atoms with Crippen molar-refractivity contribution in [2.24, 2.45) is 4.99 Å². The molecule has 0 fully saturated rings. The Morgan fingerprint density at radius 2 is 2.00 bits per heavy atom. The first-order chi connectivity index (χ1) is 12.9. The van der Waals surface area contributed by atoms with Crippen molar-refractivity contribution in [2.75, 3.05) is 26.2 Å². The molecule has 0 aliphatic heterocycles. The molecule has 0 aliphatic carbocycles. The minimum absolute atomic E-state index is 0. The number of guanidine groups is 1. The molecule has 0 saturated carbocycles. The average molecular weight is 528 g/mol. The monoisotopic (exact) mass is 528 g/mol. The van der Waals surface area contributed by atoms with Crippen LogP contribution in [0.15, 0.2) is 34.6 Å². The van der Waals surface area contributed by atoms with Crippen molar-refractivity contribution >= 4 is 41.3 Å². The van der Waals surface area contributed by atoms with Crippen LogP contribution in [0.3, 0.4) is 0 Å². The van der Waals surface area contributed by atoms with Crippen LogP contribution in [0.2, 0.25) is 0 Å². The van der Waals surface area contributed by atoms with Gasteiger partial charge in [-0.15, -0.1) is 35.3 Å². The van der Waals surface area contributed by atoms with Gasteiger partial charge in [-0.1, -0.05) is 18.2 Å². The van der Waals surface area contributed by atoms with E-state index < -0.39 is 11.9 Å². The second kappa shape index (κ2) is 12.1. The zero-order valence-electron chi connectivity index (χ0n) is 15.7. The van der Waals surface area contributed by atoms with Crippen molar-refractivity contribution in [3.05, 3.63) is 45.9 Å². The molecule has 0 aliphatic rings. The molecule has 0 amide bonds. The lowest BCUT2D eigenvalue weighted by Gasteiger charge is -2.12. The Bertz CT molecular complexity index is 752. The second-order valence-corrected chi connectivity index (χ2v) is 6.62. The summed E-state index contributed by atoms with van der Waals surface area (Å²) in [5.41, 5.74) is 0.226. The normalized spacial score (nSPS) is 11.7. The van der Waals surface area contributed by atoms with Gasteiger partial charge >= 0.3 is 6.18 Å². The molecular formula is C18H24F3IN4OS. The number of para-hydroxylation sites is 1. The highest BCUT2D eigenvalue weighted by molar-refractivity contribution is 14.0. The number of benzene rings is 1. The third-order valence-corrected chi connectivity index (χ3v) is 4.44. The molecule has 10 heteroatoms. The van der Waals surface area contributed by atoms with Gasteiger partial charge in [-0.25, -0.2) is 4.98 Å². The number of rotatable bonds is 8. The number of thiazole rings is 1. The first kappa shape index (κ1) is 24.5. The number of hydrogen-bond donors (Lipinski definition) is 2. The molecule has 1 heterocycles. The van der Waals surface area contributed by atoms with E-state index in [2.05, 4.69) is 20.6 Å². The van der Waals surface area contributed by atoms with Gasteiger partial charge < -0.3 is 15.4 Å². The minimum Gasteiger partial charge on any atom is -0.491 e. The summed E-state index contributed by atoms with van der Waals surface area (Å²) in [7, 11) is 0. The van der Waals surface area contributed by atoms with Crippen LogP contribution >= 0.6 is 35.3 Å². The maximum Gasteiger partial charge on any atom is 0.434 e. The number of aromatic nitrogens is 1. The van der Waals surface area contributed by atoms with Gasteiger partial charge in [0.1, 0.15) is 12.4 Å². The lowest BCUT2D eigenvalue weighted by Crippen LogP contribution is -2.39. The molecule has 1 aromatic carbocycles. The standard InChI is InChI=1S/C18H23F3N4OS.HI/c1-3-22-17(24-10-11-26-14-7-5-4-6-13(14)2)23-9-8-16-25-15(12-27-16)18(19,20)21;/h4-7,12H,3,8-11H2,1-2H3,(H2,22,23,24);1H. The number of alkyl halides is 3. The highest BCUT2D eigenvalue weighted by Gasteiger charge is 2.33. The molecule has 28 heavy (non-hydrogen) atoms. The molecule has 0 saturated heterocycles. The number of hydrogen-bond acceptors (Lipinski definition) is 4. The van der Waals surface area contributed by atoms with Crippen LogP contribution in [0.4, 0.5) is 13.2 Å². The lowest BCUT2D eigenvalue weighted by atomic mass is 10.2. The van der Waals surface area contributed by atoms with Gasteiger partial charge in [-0.2, -0.15) is 13.2 Å². The van der Waals surface area contributed by atoms with E-state index in [0.29, 0.717) is 43.6 Å². The molecule has 0 spiro atoms. The van der Waals surface area contributed by atoms with Crippen LogP contribution in [0.25, 0.3) is 0 Å². The van der Waals surface area contributed by atoms with Crippen molar-refractivity contribution in [1.82, 2.24) is 15.6 Å². The SMILES string of the molecule is CCNC(=NCCc1nc(C(F)(F)F)cs1)NCCOc1ccccc1C.I. The number of halogens is 4. The summed E-state index contributed by atoms with van der Waals surface area (Å²) in [4.78, 5) is 7.97. The number of nitrogens with one attached hydrogen (secondary N) is 2. The fraction of sp³-hybridized carbons (Fsp3) is 0.444. The zero-order chi connectivity index (χ0) is 19.7. The summed E-state index contributed by atoms with van der Waals surface area (Å²) in [6.07, 6.45) is -4.04. The van der Waals surface area contributed by atoms with Gasteiger partial charge in [0.15, 0.2) is 11.7 Å². The van der Waals surface area contributed by atoms with Crippen molar-refractivity contribution in [3.63, 3.8) is 0 Å². The molecule has 156 valence electrons. The maximum absolute atomic E-state index is 12.6. The molecule has 0 atom stereocenters. The molecule has 1 aromatic heterocycles. The van der Waals surface area contributed by atoms with Crippen LogP contribution < -0.4 is 15.4 Å². The van der Waals surface area contributed by atoms with Gasteiger partial charge in [0.25, 0.3) is 0 Å². The van der Waals surface area contributed by atoms with Gasteiger partial charge in [0.05, 0.1) is 11.6 Å². The Hall–Kier alpha value is -1.56. The summed E-state index contributed by atoms with van der Waals surface area (Å²) in [6, 6.07) is 7.77. The molecule has 2 N–H and O–H groups in total. The predicted molar refractivity (Wildman–Crippen MR) is 117 cm³/mol. The van der Waals surface area contributed by atoms with E-state index in [1.807, 2.05) is 38.1 Å². The number of nitrogens with zero attached hydrogens (tertiary/aromatic N) is 2. The molecule has 0 unspecified atom stereocenters. The predicted octanol–water partition coefficient (Wildman–Crippen LogP) is 4.26. The summed E-state index contributed by atoms with van der Waals surface area (Å²) >= 11 is 1.00. The largest absolute Gasteiger partial charge is 0.491 e. The summed E-state index contributed by atoms with van der Waals surface area (Å²) in [5.74, 6) is 1.43. The van der Waals surface area contributed by atoms with Gasteiger partial charge in [0, 0.05) is 24.9 Å². The first-order valence-corrected chi connectivity index (χ1v) is 9.50. The van der Waals surface area contributed by atoms with E-state index in [4.69, 9.17) is 4.74 Å². The molecule has 0 bridgehead atoms. The van der Waals surface area contributed by atoms with Crippen molar-refractivity contribution in [2.45, 2.75) is 26.4 Å². The first-order valence-electron chi connectivity index (χ1n) is 8.62. The van der Waals surface area contributed by atoms with Crippen molar-refractivity contribution in [1.29, 1.82) is 0 Å². The number of aliphatic imine (C=N–C) groups is 1. The van der Waals surface area contributed by atoms with Crippen LogP contribution in [0.5, 0.6) is 5.75 Å². The Kier molecular flexibility index (Phi) is 10.6. The average Bonchev–Trinajstić information content (AvgIpc) is 3.09. The third-order valence-electron chi connectivity index (χ3n) is 3.53. The Morgan fingerprint density at radius 1 is 1.25 bits per heavy atom. The van der Waals surface area contributed by atoms with E-state index in [1.54, 1.807) is 0 Å². The highest BCUT2D eigenvalue weighted by atomic mass is 127. The Morgan fingerprint density at radius 3 is 2.64 bits per heavy atom. The molecular weight excluding hydrogens is 504 g/mol. The van der Waals surface area contributed by atoms with E-state index in [-0.39, 0.29) is 24.0 Å². The van der Waals surface area contributed by atoms with Crippen molar-refractivity contribution < 1.29 is 17.9 Å². The van der Waals surface area contributed by atoms with E-state index in [1.165, 1.54) is 0 Å². The zero-order valence-corrected chi connectivity index (χ0v) is 18.8. The highest BCUT2D eigenvalue weighted by Crippen LogP contribution is 2.30. The van der Waals surface area contributed by atoms with Gasteiger partial charge in [0.2, 0.25) is 0 Å². The summed E-state index contributed by atoms with van der Waals surface area (Å²) in [6.45, 7) is 5.97. The fourth-order valence-corrected chi connectivity index (χ4v) is 3.00. The molecule has 5 nitrogen and oxygen atoms in total. The van der Waals surface area contributed by atoms with Crippen LogP contribution in [0, 0.1) is 6.92 Å².